The number of nitrogens with two attached hydrogens (primary N) is 1. The molecule has 156 valence electrons. The number of carbonyl (C=O) groups excluding carboxylic acids is 1. The van der Waals surface area contributed by atoms with Gasteiger partial charge in [0, 0.05) is 26.1 Å². The van der Waals surface area contributed by atoms with E-state index in [4.69, 9.17) is 10.5 Å². The Bertz CT molecular complexity index is 877. The Morgan fingerprint density at radius 3 is 2.79 bits per heavy atom. The molecule has 2 aromatic rings. The summed E-state index contributed by atoms with van der Waals surface area (Å²) in [6.07, 6.45) is 1.32. The van der Waals surface area contributed by atoms with E-state index in [1.807, 2.05) is 25.0 Å². The molecule has 1 aliphatic heterocycles. The van der Waals surface area contributed by atoms with E-state index in [0.29, 0.717) is 0 Å². The molecule has 29 heavy (non-hydrogen) atoms. The van der Waals surface area contributed by atoms with Gasteiger partial charge in [-0.1, -0.05) is 24.3 Å². The average Bonchev–Trinajstić information content (AvgIpc) is 2.75. The van der Waals surface area contributed by atoms with E-state index < -0.39 is 0 Å². The Kier molecular flexibility index (Phi) is 6.77. The molecule has 3 rings (SSSR count). The lowest BCUT2D eigenvalue weighted by Crippen LogP contribution is -2.35. The fraction of sp³-hybridized carbons (Fsp3) is 0.435. The molecule has 1 unspecified atom stereocenters. The normalized spacial score (nSPS) is 14.2. The van der Waals surface area contributed by atoms with E-state index in [1.165, 1.54) is 18.2 Å². The van der Waals surface area contributed by atoms with Crippen LogP contribution in [0.5, 0.6) is 0 Å². The number of methoxy groups -OCH3 is 1. The molecule has 0 aliphatic carbocycles. The van der Waals surface area contributed by atoms with Crippen molar-refractivity contribution >= 4 is 17.3 Å². The molecule has 0 saturated carbocycles. The molecule has 6 heteroatoms. The Balaban J connectivity index is 2.06. The predicted octanol–water partition coefficient (Wildman–Crippen LogP) is 2.88. The standard InChI is InChI=1S/C23H32N4O2/c1-5-27(25-3)21-9-8-19(15(2)23(21)24)20(13-22(28)29-4)17-7-6-16-10-11-26-14-18(16)12-17/h6-9,12,20,25-26H,5,10-11,13-14,24H2,1-4H3. The third-order valence-corrected chi connectivity index (χ3v) is 5.90. The SMILES string of the molecule is CCN(NC)c1ccc(C(CC(=O)OC)c2ccc3c(c2)CNCC3)c(C)c1N. The summed E-state index contributed by atoms with van der Waals surface area (Å²) in [4.78, 5) is 12.2. The van der Waals surface area contributed by atoms with E-state index in [2.05, 4.69) is 41.9 Å². The average molecular weight is 397 g/mol. The Morgan fingerprint density at radius 2 is 2.10 bits per heavy atom. The summed E-state index contributed by atoms with van der Waals surface area (Å²) >= 11 is 0. The highest BCUT2D eigenvalue weighted by atomic mass is 16.5. The second kappa shape index (κ2) is 9.29. The monoisotopic (exact) mass is 396 g/mol. The smallest absolute Gasteiger partial charge is 0.306 e. The van der Waals surface area contributed by atoms with Gasteiger partial charge in [0.05, 0.1) is 24.9 Å². The number of hydrazine groups is 1. The summed E-state index contributed by atoms with van der Waals surface area (Å²) in [5, 5.41) is 5.43. The summed E-state index contributed by atoms with van der Waals surface area (Å²) in [7, 11) is 3.32. The number of hydrogen-bond donors (Lipinski definition) is 3. The number of esters is 1. The lowest BCUT2D eigenvalue weighted by molar-refractivity contribution is -0.140. The number of benzene rings is 2. The van der Waals surface area contributed by atoms with Gasteiger partial charge < -0.3 is 20.8 Å². The van der Waals surface area contributed by atoms with Crippen molar-refractivity contribution < 1.29 is 9.53 Å². The summed E-state index contributed by atoms with van der Waals surface area (Å²) in [6, 6.07) is 10.7. The number of fused-ring (bicyclic) bond motifs is 1. The molecule has 0 bridgehead atoms. The minimum Gasteiger partial charge on any atom is -0.469 e. The highest BCUT2D eigenvalue weighted by molar-refractivity contribution is 5.75. The summed E-state index contributed by atoms with van der Waals surface area (Å²) in [5.74, 6) is -0.325. The fourth-order valence-corrected chi connectivity index (χ4v) is 4.17. The van der Waals surface area contributed by atoms with Gasteiger partial charge >= 0.3 is 5.97 Å². The largest absolute Gasteiger partial charge is 0.469 e. The van der Waals surface area contributed by atoms with Gasteiger partial charge in [-0.3, -0.25) is 4.79 Å². The van der Waals surface area contributed by atoms with Crippen molar-refractivity contribution in [1.82, 2.24) is 10.7 Å². The van der Waals surface area contributed by atoms with Gasteiger partial charge in [-0.15, -0.1) is 0 Å². The van der Waals surface area contributed by atoms with Gasteiger partial charge in [0.15, 0.2) is 0 Å². The molecule has 4 N–H and O–H groups in total. The van der Waals surface area contributed by atoms with Crippen LogP contribution in [-0.2, 0) is 22.5 Å². The number of rotatable bonds is 7. The van der Waals surface area contributed by atoms with Crippen molar-refractivity contribution in [2.75, 3.05) is 38.0 Å². The highest BCUT2D eigenvalue weighted by Gasteiger charge is 2.24. The van der Waals surface area contributed by atoms with Gasteiger partial charge in [0.2, 0.25) is 0 Å². The number of hydrogen-bond acceptors (Lipinski definition) is 6. The summed E-state index contributed by atoms with van der Waals surface area (Å²) in [6.45, 7) is 6.77. The van der Waals surface area contributed by atoms with E-state index in [-0.39, 0.29) is 18.3 Å². The minimum absolute atomic E-state index is 0.101. The molecule has 0 amide bonds. The van der Waals surface area contributed by atoms with Gasteiger partial charge in [-0.2, -0.15) is 0 Å². The first kappa shape index (κ1) is 21.1. The van der Waals surface area contributed by atoms with Crippen molar-refractivity contribution in [3.8, 4) is 0 Å². The van der Waals surface area contributed by atoms with Crippen LogP contribution in [0.4, 0.5) is 11.4 Å². The molecular formula is C23H32N4O2. The van der Waals surface area contributed by atoms with Crippen molar-refractivity contribution in [3.05, 3.63) is 58.1 Å². The van der Waals surface area contributed by atoms with Gasteiger partial charge in [0.25, 0.3) is 0 Å². The number of nitrogens with one attached hydrogen (secondary N) is 2. The summed E-state index contributed by atoms with van der Waals surface area (Å²) < 4.78 is 5.00. The first-order chi connectivity index (χ1) is 14.0. The number of nitrogens with zero attached hydrogens (tertiary/aromatic N) is 1. The topological polar surface area (TPSA) is 79.6 Å². The van der Waals surface area contributed by atoms with E-state index in [0.717, 1.165) is 54.1 Å². The highest BCUT2D eigenvalue weighted by Crippen LogP contribution is 2.37. The maximum Gasteiger partial charge on any atom is 0.306 e. The van der Waals surface area contributed by atoms with Crippen LogP contribution in [0.2, 0.25) is 0 Å². The minimum atomic E-state index is -0.224. The molecule has 1 heterocycles. The van der Waals surface area contributed by atoms with Crippen molar-refractivity contribution in [2.24, 2.45) is 0 Å². The van der Waals surface area contributed by atoms with Crippen LogP contribution in [-0.4, -0.2) is 33.2 Å². The van der Waals surface area contributed by atoms with E-state index in [9.17, 15) is 4.79 Å². The van der Waals surface area contributed by atoms with Crippen molar-refractivity contribution in [3.63, 3.8) is 0 Å². The molecule has 0 fully saturated rings. The molecule has 0 radical (unpaired) electrons. The Morgan fingerprint density at radius 1 is 1.31 bits per heavy atom. The van der Waals surface area contributed by atoms with Crippen LogP contribution in [0.15, 0.2) is 30.3 Å². The zero-order valence-electron chi connectivity index (χ0n) is 17.8. The van der Waals surface area contributed by atoms with Crippen molar-refractivity contribution in [1.29, 1.82) is 0 Å². The first-order valence-corrected chi connectivity index (χ1v) is 10.2. The molecule has 0 saturated heterocycles. The van der Waals surface area contributed by atoms with Crippen LogP contribution in [0.25, 0.3) is 0 Å². The number of nitrogen functional groups attached to an aromatic ring is 1. The number of ether oxygens (including phenoxy) is 1. The van der Waals surface area contributed by atoms with Crippen molar-refractivity contribution in [2.45, 2.75) is 39.2 Å². The maximum atomic E-state index is 12.2. The Labute approximate surface area is 173 Å². The quantitative estimate of drug-likeness (QED) is 0.379. The molecular weight excluding hydrogens is 364 g/mol. The fourth-order valence-electron chi connectivity index (χ4n) is 4.17. The second-order valence-corrected chi connectivity index (χ2v) is 7.47. The van der Waals surface area contributed by atoms with Crippen LogP contribution in [0.3, 0.4) is 0 Å². The third-order valence-electron chi connectivity index (χ3n) is 5.90. The molecule has 2 aromatic carbocycles. The van der Waals surface area contributed by atoms with Crippen LogP contribution in [0.1, 0.15) is 47.1 Å². The Hall–Kier alpha value is -2.57. The van der Waals surface area contributed by atoms with Crippen LogP contribution >= 0.6 is 0 Å². The van der Waals surface area contributed by atoms with Gasteiger partial charge in [-0.25, -0.2) is 5.43 Å². The van der Waals surface area contributed by atoms with E-state index in [1.54, 1.807) is 0 Å². The van der Waals surface area contributed by atoms with Gasteiger partial charge in [-0.05, 0) is 60.7 Å². The molecule has 0 spiro atoms. The summed E-state index contributed by atoms with van der Waals surface area (Å²) in [5.41, 5.74) is 17.2. The molecule has 1 atom stereocenters. The number of anilines is 2. The first-order valence-electron chi connectivity index (χ1n) is 10.2. The maximum absolute atomic E-state index is 12.2. The van der Waals surface area contributed by atoms with Gasteiger partial charge in [0.1, 0.15) is 0 Å². The predicted molar refractivity (Wildman–Crippen MR) is 118 cm³/mol. The third kappa shape index (κ3) is 4.38. The number of carbonyl (C=O) groups is 1. The molecule has 1 aliphatic rings. The lowest BCUT2D eigenvalue weighted by atomic mass is 9.83. The zero-order valence-corrected chi connectivity index (χ0v) is 17.8. The molecule has 0 aromatic heterocycles. The van der Waals surface area contributed by atoms with Crippen LogP contribution in [0, 0.1) is 6.92 Å². The van der Waals surface area contributed by atoms with Crippen LogP contribution < -0.4 is 21.5 Å². The molecule has 6 nitrogen and oxygen atoms in total. The lowest BCUT2D eigenvalue weighted by Gasteiger charge is -2.27. The zero-order chi connectivity index (χ0) is 21.0. The van der Waals surface area contributed by atoms with E-state index >= 15 is 0 Å². The second-order valence-electron chi connectivity index (χ2n) is 7.47.